The molecular weight excluding hydrogens is 547 g/mol. The van der Waals surface area contributed by atoms with Gasteiger partial charge in [-0.2, -0.15) is 13.2 Å². The van der Waals surface area contributed by atoms with Crippen molar-refractivity contribution in [3.05, 3.63) is 0 Å². The summed E-state index contributed by atoms with van der Waals surface area (Å²) in [5.41, 5.74) is -0.946. The zero-order valence-corrected chi connectivity index (χ0v) is 26.1. The van der Waals surface area contributed by atoms with Crippen LogP contribution < -0.4 is 16.0 Å². The highest BCUT2D eigenvalue weighted by Gasteiger charge is 2.43. The van der Waals surface area contributed by atoms with E-state index in [2.05, 4.69) is 16.0 Å². The van der Waals surface area contributed by atoms with Crippen LogP contribution in [-0.2, 0) is 14.4 Å². The minimum Gasteiger partial charge on any atom is -0.345 e. The fourth-order valence-electron chi connectivity index (χ4n) is 4.47. The Morgan fingerprint density at radius 2 is 1.60 bits per heavy atom. The number of likely N-dealkylation sites (tertiary alicyclic amines) is 1. The molecule has 0 aromatic heterocycles. The average molecular weight is 596 g/mol. The quantitative estimate of drug-likeness (QED) is 0.293. The zero-order chi connectivity index (χ0) is 31.1. The van der Waals surface area contributed by atoms with Gasteiger partial charge in [0.1, 0.15) is 12.1 Å². The lowest BCUT2D eigenvalue weighted by Gasteiger charge is -2.37. The van der Waals surface area contributed by atoms with Crippen molar-refractivity contribution in [1.29, 1.82) is 0 Å². The number of likely N-dealkylation sites (N-methyl/N-ethyl adjacent to an activating group) is 1. The Labute approximate surface area is 241 Å². The third-order valence-electron chi connectivity index (χ3n) is 7.09. The highest BCUT2D eigenvalue weighted by atomic mass is 32.2. The fraction of sp³-hybridized carbons (Fsp3) is 0.852. The Balaban J connectivity index is 3.02. The summed E-state index contributed by atoms with van der Waals surface area (Å²) < 4.78 is 39.7. The van der Waals surface area contributed by atoms with Crippen LogP contribution in [0.5, 0.6) is 0 Å². The molecule has 4 amide bonds. The van der Waals surface area contributed by atoms with E-state index in [1.807, 2.05) is 59.2 Å². The van der Waals surface area contributed by atoms with E-state index >= 15 is 0 Å². The van der Waals surface area contributed by atoms with Gasteiger partial charge in [-0.25, -0.2) is 4.79 Å². The third kappa shape index (κ3) is 11.8. The highest BCUT2D eigenvalue weighted by molar-refractivity contribution is 7.96. The molecule has 1 saturated heterocycles. The smallest absolute Gasteiger partial charge is 0.345 e. The van der Waals surface area contributed by atoms with E-state index in [1.165, 1.54) is 11.8 Å². The van der Waals surface area contributed by atoms with Crippen LogP contribution in [0.4, 0.5) is 18.0 Å². The van der Waals surface area contributed by atoms with Gasteiger partial charge in [0.25, 0.3) is 0 Å². The van der Waals surface area contributed by atoms with E-state index in [1.54, 1.807) is 11.9 Å². The second-order valence-corrected chi connectivity index (χ2v) is 13.7. The first kappa shape index (κ1) is 36.0. The molecule has 0 aliphatic carbocycles. The van der Waals surface area contributed by atoms with Crippen LogP contribution in [0, 0.1) is 10.8 Å². The molecule has 1 fully saturated rings. The molecule has 0 aromatic rings. The van der Waals surface area contributed by atoms with Crippen molar-refractivity contribution in [2.45, 2.75) is 111 Å². The summed E-state index contributed by atoms with van der Waals surface area (Å²) in [5.74, 6) is -1.45. The maximum atomic E-state index is 13.8. The minimum absolute atomic E-state index is 0.145. The van der Waals surface area contributed by atoms with E-state index in [4.69, 9.17) is 0 Å². The van der Waals surface area contributed by atoms with Crippen LogP contribution in [0.15, 0.2) is 0 Å². The predicted octanol–water partition coefficient (Wildman–Crippen LogP) is 4.12. The van der Waals surface area contributed by atoms with Gasteiger partial charge in [0.05, 0.1) is 6.04 Å². The maximum Gasteiger partial charge on any atom is 0.389 e. The Kier molecular flexibility index (Phi) is 13.3. The van der Waals surface area contributed by atoms with E-state index in [-0.39, 0.29) is 30.8 Å². The van der Waals surface area contributed by atoms with Crippen molar-refractivity contribution in [2.75, 3.05) is 26.4 Å². The Hall–Kier alpha value is -2.02. The van der Waals surface area contributed by atoms with Gasteiger partial charge in [-0.3, -0.25) is 18.7 Å². The van der Waals surface area contributed by atoms with Crippen molar-refractivity contribution in [1.82, 2.24) is 25.2 Å². The zero-order valence-electron chi connectivity index (χ0n) is 25.3. The van der Waals surface area contributed by atoms with Gasteiger partial charge in [0.15, 0.2) is 5.78 Å². The molecule has 0 spiro atoms. The molecule has 1 aliphatic heterocycles. The first-order valence-corrected chi connectivity index (χ1v) is 14.9. The lowest BCUT2D eigenvalue weighted by atomic mass is 9.85. The number of carbonyl (C=O) groups is 4. The van der Waals surface area contributed by atoms with Crippen LogP contribution in [0.25, 0.3) is 0 Å². The minimum atomic E-state index is -4.35. The number of ketones is 1. The van der Waals surface area contributed by atoms with Crippen LogP contribution in [0.1, 0.15) is 80.6 Å². The van der Waals surface area contributed by atoms with Gasteiger partial charge in [-0.15, -0.1) is 0 Å². The third-order valence-corrected chi connectivity index (χ3v) is 7.86. The van der Waals surface area contributed by atoms with Gasteiger partial charge < -0.3 is 20.9 Å². The second kappa shape index (κ2) is 14.7. The predicted molar refractivity (Wildman–Crippen MR) is 152 cm³/mol. The number of nitrogens with zero attached hydrogens (tertiary/aromatic N) is 2. The summed E-state index contributed by atoms with van der Waals surface area (Å²) in [5, 5.41) is 8.39. The number of nitrogens with one attached hydrogen (secondary N) is 3. The molecular formula is C27H48F3N5O4S. The summed E-state index contributed by atoms with van der Waals surface area (Å²) in [6, 6.07) is -3.61. The van der Waals surface area contributed by atoms with Crippen LogP contribution in [-0.4, -0.2) is 89.6 Å². The molecule has 4 unspecified atom stereocenters. The number of hydrogen-bond donors (Lipinski definition) is 3. The number of halogens is 3. The molecule has 40 heavy (non-hydrogen) atoms. The van der Waals surface area contributed by atoms with Crippen LogP contribution in [0.2, 0.25) is 0 Å². The molecule has 0 radical (unpaired) electrons. The largest absolute Gasteiger partial charge is 0.389 e. The topological polar surface area (TPSA) is 111 Å². The van der Waals surface area contributed by atoms with Crippen LogP contribution in [0.3, 0.4) is 0 Å². The van der Waals surface area contributed by atoms with Crippen molar-refractivity contribution in [2.24, 2.45) is 10.8 Å². The molecule has 1 heterocycles. The second-order valence-electron chi connectivity index (χ2n) is 12.7. The fourth-order valence-corrected chi connectivity index (χ4v) is 4.77. The van der Waals surface area contributed by atoms with Gasteiger partial charge in [0.2, 0.25) is 11.8 Å². The Bertz CT molecular complexity index is 889. The molecule has 1 aliphatic rings. The first-order valence-electron chi connectivity index (χ1n) is 13.7. The van der Waals surface area contributed by atoms with E-state index in [0.29, 0.717) is 19.4 Å². The van der Waals surface area contributed by atoms with E-state index in [0.717, 1.165) is 0 Å². The summed E-state index contributed by atoms with van der Waals surface area (Å²) in [7, 11) is 1.93. The van der Waals surface area contributed by atoms with Gasteiger partial charge in [-0.1, -0.05) is 53.5 Å². The number of Topliss-reactive ketones (excluding diaryl/α,β-unsaturated/α-hetero) is 1. The summed E-state index contributed by atoms with van der Waals surface area (Å²) >= 11 is 1.54. The Morgan fingerprint density at radius 1 is 1.00 bits per heavy atom. The lowest BCUT2D eigenvalue weighted by molar-refractivity contribution is -0.143. The summed E-state index contributed by atoms with van der Waals surface area (Å²) in [6.07, 6.45) is -3.01. The molecule has 9 nitrogen and oxygen atoms in total. The summed E-state index contributed by atoms with van der Waals surface area (Å²) in [4.78, 5) is 53.5. The van der Waals surface area contributed by atoms with Gasteiger partial charge in [-0.05, 0) is 56.7 Å². The van der Waals surface area contributed by atoms with E-state index in [9.17, 15) is 32.3 Å². The molecule has 3 N–H and O–H groups in total. The van der Waals surface area contributed by atoms with Crippen molar-refractivity contribution in [3.8, 4) is 0 Å². The normalized spacial score (nSPS) is 18.7. The maximum absolute atomic E-state index is 13.8. The van der Waals surface area contributed by atoms with Crippen LogP contribution >= 0.6 is 11.9 Å². The molecule has 13 heteroatoms. The first-order chi connectivity index (χ1) is 18.2. The molecule has 0 aromatic carbocycles. The van der Waals surface area contributed by atoms with Gasteiger partial charge >= 0.3 is 12.2 Å². The van der Waals surface area contributed by atoms with Gasteiger partial charge in [0, 0.05) is 25.6 Å². The van der Waals surface area contributed by atoms with E-state index < -0.39 is 59.8 Å². The summed E-state index contributed by atoms with van der Waals surface area (Å²) in [6.45, 7) is 13.6. The molecule has 0 saturated carbocycles. The molecule has 1 rings (SSSR count). The number of rotatable bonds is 12. The molecule has 0 bridgehead atoms. The Morgan fingerprint density at radius 3 is 2.08 bits per heavy atom. The number of urea groups is 1. The van der Waals surface area contributed by atoms with Crippen molar-refractivity contribution in [3.63, 3.8) is 0 Å². The average Bonchev–Trinajstić information content (AvgIpc) is 3.28. The number of amides is 4. The van der Waals surface area contributed by atoms with Crippen molar-refractivity contribution < 1.29 is 32.3 Å². The standard InChI is InChI=1S/C27H48F3N5O4S/c1-17(36)18(12-10-14-27(28,29)30)31-22(37)19-13-11-15-35(19)23(38)21(26(5,6)7)33-24(39)32-20(25(2,3)4)16-34(8)40-9/h18-21H,10-16H2,1-9H3,(H,31,37)(H2,32,33,39). The lowest BCUT2D eigenvalue weighted by Crippen LogP contribution is -2.61. The monoisotopic (exact) mass is 595 g/mol. The molecule has 232 valence electrons. The highest BCUT2D eigenvalue weighted by Crippen LogP contribution is 2.27. The molecule has 4 atom stereocenters. The van der Waals surface area contributed by atoms with Crippen molar-refractivity contribution >= 4 is 35.6 Å². The number of hydrogen-bond acceptors (Lipinski definition) is 6. The SMILES string of the molecule is CSN(C)CC(NC(=O)NC(C(=O)N1CCCC1C(=O)NC(CCCC(F)(F)F)C(C)=O)C(C)(C)C)C(C)(C)C. The number of alkyl halides is 3. The number of carbonyl (C=O) groups excluding carboxylic acids is 4.